The molecule has 0 spiro atoms. The molecule has 4 unspecified atom stereocenters. The van der Waals surface area contributed by atoms with Gasteiger partial charge in [0.1, 0.15) is 18.1 Å². The molecule has 0 rings (SSSR count). The van der Waals surface area contributed by atoms with Crippen molar-refractivity contribution >= 4 is 41.5 Å². The largest absolute Gasteiger partial charge is 0.481 e. The van der Waals surface area contributed by atoms with Gasteiger partial charge in [-0.25, -0.2) is 4.79 Å². The Morgan fingerprint density at radius 3 is 1.65 bits per heavy atom. The smallest absolute Gasteiger partial charge is 0.326 e. The Balaban J connectivity index is 5.56. The Kier molecular flexibility index (Phi) is 13.4. The molecule has 16 nitrogen and oxygen atoms in total. The summed E-state index contributed by atoms with van der Waals surface area (Å²) < 4.78 is 0. The maximum atomic E-state index is 12.8. The molecule has 192 valence electrons. The third-order valence-corrected chi connectivity index (χ3v) is 4.37. The van der Waals surface area contributed by atoms with Gasteiger partial charge < -0.3 is 49.1 Å². The number of nitrogens with one attached hydrogen (secondary N) is 3. The van der Waals surface area contributed by atoms with E-state index in [4.69, 9.17) is 33.1 Å². The molecule has 0 radical (unpaired) electrons. The second-order valence-corrected chi connectivity index (χ2v) is 7.35. The number of aliphatic carboxylic acids is 2. The lowest BCUT2D eigenvalue weighted by Gasteiger charge is -2.24. The maximum Gasteiger partial charge on any atom is 0.326 e. The summed E-state index contributed by atoms with van der Waals surface area (Å²) in [5, 5.41) is 24.3. The summed E-state index contributed by atoms with van der Waals surface area (Å²) in [4.78, 5) is 81.8. The fraction of sp³-hybridized carbons (Fsp3) is 0.611. The Morgan fingerprint density at radius 2 is 1.18 bits per heavy atom. The van der Waals surface area contributed by atoms with Crippen LogP contribution in [0, 0.1) is 0 Å². The number of hydrogen-bond acceptors (Lipinski definition) is 9. The summed E-state index contributed by atoms with van der Waals surface area (Å²) >= 11 is 0. The van der Waals surface area contributed by atoms with E-state index in [2.05, 4.69) is 10.6 Å². The Labute approximate surface area is 194 Å². The van der Waals surface area contributed by atoms with E-state index in [0.29, 0.717) is 12.8 Å². The molecule has 4 atom stereocenters. The molecule has 0 fully saturated rings. The second-order valence-electron chi connectivity index (χ2n) is 7.35. The summed E-state index contributed by atoms with van der Waals surface area (Å²) in [5.41, 5.74) is 21.1. The number of nitrogens with two attached hydrogens (primary N) is 4. The minimum Gasteiger partial charge on any atom is -0.481 e. The van der Waals surface area contributed by atoms with E-state index in [-0.39, 0.29) is 13.0 Å². The Bertz CT molecular complexity index is 790. The van der Waals surface area contributed by atoms with Gasteiger partial charge in [0, 0.05) is 0 Å². The first kappa shape index (κ1) is 30.2. The van der Waals surface area contributed by atoms with Gasteiger partial charge in [-0.2, -0.15) is 0 Å². The van der Waals surface area contributed by atoms with Gasteiger partial charge in [0.25, 0.3) is 0 Å². The summed E-state index contributed by atoms with van der Waals surface area (Å²) in [6.07, 6.45) is -1.31. The van der Waals surface area contributed by atoms with Gasteiger partial charge >= 0.3 is 11.9 Å². The maximum absolute atomic E-state index is 12.8. The highest BCUT2D eigenvalue weighted by atomic mass is 16.4. The normalized spacial score (nSPS) is 14.1. The first-order valence-corrected chi connectivity index (χ1v) is 10.2. The number of hydrogen-bond donors (Lipinski definition) is 9. The van der Waals surface area contributed by atoms with Crippen LogP contribution >= 0.6 is 0 Å². The van der Waals surface area contributed by atoms with Crippen LogP contribution in [0.5, 0.6) is 0 Å². The van der Waals surface area contributed by atoms with Crippen LogP contribution in [0.2, 0.25) is 0 Å². The SMILES string of the molecule is NCCCCC(NC(=O)C(N)CC(N)=O)C(=O)NC(CC(N)=O)C(=O)NC(CC(=O)O)C(=O)O. The summed E-state index contributed by atoms with van der Waals surface area (Å²) in [5.74, 6) is -8.05. The van der Waals surface area contributed by atoms with Gasteiger partial charge in [-0.15, -0.1) is 0 Å². The third-order valence-electron chi connectivity index (χ3n) is 4.37. The highest BCUT2D eigenvalue weighted by Crippen LogP contribution is 2.05. The van der Waals surface area contributed by atoms with E-state index in [0.717, 1.165) is 0 Å². The average molecular weight is 489 g/mol. The molecule has 0 aromatic heterocycles. The van der Waals surface area contributed by atoms with E-state index in [1.807, 2.05) is 5.32 Å². The van der Waals surface area contributed by atoms with Gasteiger partial charge in [-0.05, 0) is 25.8 Å². The van der Waals surface area contributed by atoms with Crippen molar-refractivity contribution in [3.05, 3.63) is 0 Å². The number of rotatable bonds is 17. The standard InChI is InChI=1S/C18H31N7O9/c19-4-2-1-3-9(23-15(30)8(20)5-12(21)26)16(31)24-10(6-13(22)27)17(32)25-11(18(33)34)7-14(28)29/h8-11H,1-7,19-20H2,(H2,21,26)(H2,22,27)(H,23,30)(H,24,31)(H,25,32)(H,28,29)(H,33,34). The summed E-state index contributed by atoms with van der Waals surface area (Å²) in [7, 11) is 0. The van der Waals surface area contributed by atoms with Gasteiger partial charge in [0.2, 0.25) is 29.5 Å². The molecule has 13 N–H and O–H groups in total. The van der Waals surface area contributed by atoms with E-state index < -0.39 is 84.9 Å². The van der Waals surface area contributed by atoms with Crippen LogP contribution in [-0.2, 0) is 33.6 Å². The lowest BCUT2D eigenvalue weighted by Crippen LogP contribution is -2.58. The van der Waals surface area contributed by atoms with Crippen molar-refractivity contribution in [2.45, 2.75) is 62.7 Å². The molecule has 0 bridgehead atoms. The minimum absolute atomic E-state index is 0.0414. The van der Waals surface area contributed by atoms with Crippen molar-refractivity contribution in [3.8, 4) is 0 Å². The molecule has 0 saturated carbocycles. The lowest BCUT2D eigenvalue weighted by atomic mass is 10.1. The van der Waals surface area contributed by atoms with Crippen molar-refractivity contribution in [3.63, 3.8) is 0 Å². The molecular formula is C18H31N7O9. The van der Waals surface area contributed by atoms with Crippen molar-refractivity contribution in [1.82, 2.24) is 16.0 Å². The highest BCUT2D eigenvalue weighted by Gasteiger charge is 2.32. The van der Waals surface area contributed by atoms with Crippen LogP contribution in [0.4, 0.5) is 0 Å². The van der Waals surface area contributed by atoms with Crippen molar-refractivity contribution in [2.24, 2.45) is 22.9 Å². The molecule has 0 aliphatic heterocycles. The Morgan fingerprint density at radius 1 is 0.676 bits per heavy atom. The Hall–Kier alpha value is -3.79. The monoisotopic (exact) mass is 489 g/mol. The molecule has 0 aliphatic carbocycles. The molecule has 16 heteroatoms. The van der Waals surface area contributed by atoms with Crippen LogP contribution in [0.1, 0.15) is 38.5 Å². The van der Waals surface area contributed by atoms with Crippen LogP contribution < -0.4 is 38.9 Å². The first-order valence-electron chi connectivity index (χ1n) is 10.2. The molecule has 0 saturated heterocycles. The fourth-order valence-corrected chi connectivity index (χ4v) is 2.68. The number of primary amides is 2. The zero-order valence-corrected chi connectivity index (χ0v) is 18.3. The highest BCUT2D eigenvalue weighted by molar-refractivity contribution is 5.97. The molecule has 5 amide bonds. The zero-order valence-electron chi connectivity index (χ0n) is 18.3. The van der Waals surface area contributed by atoms with Crippen LogP contribution in [0.15, 0.2) is 0 Å². The number of unbranched alkanes of at least 4 members (excludes halogenated alkanes) is 1. The second kappa shape index (κ2) is 15.1. The summed E-state index contributed by atoms with van der Waals surface area (Å²) in [6.45, 7) is 0.288. The topological polar surface area (TPSA) is 300 Å². The lowest BCUT2D eigenvalue weighted by molar-refractivity contribution is -0.147. The molecule has 0 aromatic carbocycles. The molecule has 34 heavy (non-hydrogen) atoms. The number of carboxylic acid groups (broad SMARTS) is 2. The predicted octanol–water partition coefficient (Wildman–Crippen LogP) is -4.79. The van der Waals surface area contributed by atoms with E-state index >= 15 is 0 Å². The predicted molar refractivity (Wildman–Crippen MR) is 114 cm³/mol. The van der Waals surface area contributed by atoms with Crippen LogP contribution in [-0.4, -0.2) is 82.4 Å². The molecule has 0 aliphatic rings. The van der Waals surface area contributed by atoms with E-state index in [1.165, 1.54) is 0 Å². The fourth-order valence-electron chi connectivity index (χ4n) is 2.68. The van der Waals surface area contributed by atoms with E-state index in [1.54, 1.807) is 0 Å². The summed E-state index contributed by atoms with van der Waals surface area (Å²) in [6, 6.07) is -6.13. The van der Waals surface area contributed by atoms with Gasteiger partial charge in [0.15, 0.2) is 0 Å². The molecular weight excluding hydrogens is 458 g/mol. The average Bonchev–Trinajstić information content (AvgIpc) is 2.70. The van der Waals surface area contributed by atoms with Crippen LogP contribution in [0.3, 0.4) is 0 Å². The van der Waals surface area contributed by atoms with Gasteiger partial charge in [0.05, 0.1) is 25.3 Å². The number of carbonyl (C=O) groups is 7. The van der Waals surface area contributed by atoms with Crippen molar-refractivity contribution in [2.75, 3.05) is 6.54 Å². The van der Waals surface area contributed by atoms with Crippen LogP contribution in [0.25, 0.3) is 0 Å². The quantitative estimate of drug-likeness (QED) is 0.0873. The zero-order chi connectivity index (χ0) is 26.4. The minimum atomic E-state index is -1.84. The first-order chi connectivity index (χ1) is 15.8. The molecule has 0 aromatic rings. The third kappa shape index (κ3) is 12.3. The van der Waals surface area contributed by atoms with Crippen molar-refractivity contribution in [1.29, 1.82) is 0 Å². The van der Waals surface area contributed by atoms with E-state index in [9.17, 15) is 33.6 Å². The number of carboxylic acids is 2. The van der Waals surface area contributed by atoms with Gasteiger partial charge in [-0.1, -0.05) is 0 Å². The number of carbonyl (C=O) groups excluding carboxylic acids is 5. The molecule has 0 heterocycles. The van der Waals surface area contributed by atoms with Gasteiger partial charge in [-0.3, -0.25) is 28.8 Å². The number of amides is 5. The van der Waals surface area contributed by atoms with Crippen molar-refractivity contribution < 1.29 is 43.8 Å².